The number of fused-ring (bicyclic) bond motifs is 1. The van der Waals surface area contributed by atoms with Gasteiger partial charge in [-0.3, -0.25) is 9.59 Å². The van der Waals surface area contributed by atoms with Crippen LogP contribution in [0.4, 0.5) is 5.69 Å². The van der Waals surface area contributed by atoms with Crippen molar-refractivity contribution in [2.45, 2.75) is 38.1 Å². The largest absolute Gasteiger partial charge is 0.349 e. The first kappa shape index (κ1) is 21.8. The number of benzene rings is 3. The second-order valence-electron chi connectivity index (χ2n) is 8.75. The van der Waals surface area contributed by atoms with Gasteiger partial charge >= 0.3 is 0 Å². The van der Waals surface area contributed by atoms with E-state index in [1.807, 2.05) is 72.8 Å². The number of pyridine rings is 1. The van der Waals surface area contributed by atoms with Crippen LogP contribution in [0.15, 0.2) is 84.9 Å². The van der Waals surface area contributed by atoms with Crippen LogP contribution in [0.2, 0.25) is 0 Å². The van der Waals surface area contributed by atoms with Crippen molar-refractivity contribution in [1.82, 2.24) is 10.3 Å². The lowest BCUT2D eigenvalue weighted by Crippen LogP contribution is -2.36. The number of carbonyl (C=O) groups is 2. The Labute approximate surface area is 199 Å². The Balaban J connectivity index is 1.46. The van der Waals surface area contributed by atoms with Crippen LogP contribution >= 0.6 is 0 Å². The normalized spacial score (nSPS) is 14.0. The molecule has 1 fully saturated rings. The van der Waals surface area contributed by atoms with E-state index >= 15 is 0 Å². The molecule has 1 aromatic heterocycles. The molecule has 34 heavy (non-hydrogen) atoms. The molecule has 0 radical (unpaired) electrons. The van der Waals surface area contributed by atoms with E-state index in [-0.39, 0.29) is 17.9 Å². The van der Waals surface area contributed by atoms with Crippen molar-refractivity contribution >= 4 is 28.4 Å². The third-order valence-corrected chi connectivity index (χ3v) is 6.39. The molecule has 1 saturated carbocycles. The molecular weight excluding hydrogens is 422 g/mol. The molecule has 5 heteroatoms. The van der Waals surface area contributed by atoms with Crippen LogP contribution in [0.5, 0.6) is 0 Å². The quantitative estimate of drug-likeness (QED) is 0.380. The summed E-state index contributed by atoms with van der Waals surface area (Å²) in [5, 5.41) is 6.90. The fourth-order valence-corrected chi connectivity index (χ4v) is 4.61. The summed E-state index contributed by atoms with van der Waals surface area (Å²) in [6.45, 7) is 0. The average molecular weight is 450 g/mol. The number of carbonyl (C=O) groups excluding carboxylic acids is 2. The summed E-state index contributed by atoms with van der Waals surface area (Å²) in [4.78, 5) is 31.3. The van der Waals surface area contributed by atoms with Gasteiger partial charge in [-0.05, 0) is 37.1 Å². The predicted octanol–water partition coefficient (Wildman–Crippen LogP) is 6.22. The second-order valence-corrected chi connectivity index (χ2v) is 8.75. The van der Waals surface area contributed by atoms with Crippen molar-refractivity contribution in [3.63, 3.8) is 0 Å². The van der Waals surface area contributed by atoms with Gasteiger partial charge in [0.15, 0.2) is 0 Å². The minimum Gasteiger partial charge on any atom is -0.349 e. The van der Waals surface area contributed by atoms with E-state index in [2.05, 4.69) is 10.6 Å². The molecule has 0 bridgehead atoms. The van der Waals surface area contributed by atoms with Crippen molar-refractivity contribution in [3.8, 4) is 11.3 Å². The summed E-state index contributed by atoms with van der Waals surface area (Å²) in [7, 11) is 0. The third kappa shape index (κ3) is 4.69. The number of nitrogens with zero attached hydrogens (tertiary/aromatic N) is 1. The summed E-state index contributed by atoms with van der Waals surface area (Å²) < 4.78 is 0. The van der Waals surface area contributed by atoms with E-state index in [4.69, 9.17) is 4.98 Å². The highest BCUT2D eigenvalue weighted by atomic mass is 16.2. The molecule has 0 spiro atoms. The molecule has 0 saturated heterocycles. The number of hydrogen-bond donors (Lipinski definition) is 2. The van der Waals surface area contributed by atoms with E-state index in [1.54, 1.807) is 12.1 Å². The molecule has 0 unspecified atom stereocenters. The topological polar surface area (TPSA) is 71.1 Å². The fourth-order valence-electron chi connectivity index (χ4n) is 4.61. The van der Waals surface area contributed by atoms with E-state index in [9.17, 15) is 9.59 Å². The molecule has 3 aromatic carbocycles. The van der Waals surface area contributed by atoms with Gasteiger partial charge in [0.2, 0.25) is 0 Å². The number of aromatic nitrogens is 1. The molecule has 5 rings (SSSR count). The van der Waals surface area contributed by atoms with Gasteiger partial charge in [0.1, 0.15) is 0 Å². The molecule has 2 amide bonds. The second kappa shape index (κ2) is 9.87. The van der Waals surface area contributed by atoms with Gasteiger partial charge in [0, 0.05) is 17.0 Å². The van der Waals surface area contributed by atoms with Crippen LogP contribution in [0, 0.1) is 0 Å². The van der Waals surface area contributed by atoms with Crippen LogP contribution in [-0.4, -0.2) is 22.8 Å². The molecule has 2 N–H and O–H groups in total. The molecule has 5 nitrogen and oxygen atoms in total. The van der Waals surface area contributed by atoms with Crippen molar-refractivity contribution in [2.75, 3.05) is 5.32 Å². The summed E-state index contributed by atoms with van der Waals surface area (Å²) in [5.74, 6) is -0.416. The van der Waals surface area contributed by atoms with Crippen molar-refractivity contribution in [2.24, 2.45) is 0 Å². The molecule has 4 aromatic rings. The monoisotopic (exact) mass is 449 g/mol. The summed E-state index contributed by atoms with van der Waals surface area (Å²) in [6.07, 6.45) is 5.52. The van der Waals surface area contributed by atoms with E-state index in [1.165, 1.54) is 6.42 Å². The van der Waals surface area contributed by atoms with Gasteiger partial charge in [0.25, 0.3) is 11.8 Å². The minimum absolute atomic E-state index is 0.146. The van der Waals surface area contributed by atoms with Crippen LogP contribution < -0.4 is 10.6 Å². The van der Waals surface area contributed by atoms with Gasteiger partial charge < -0.3 is 10.6 Å². The average Bonchev–Trinajstić information content (AvgIpc) is 2.89. The standard InChI is InChI=1S/C29H27N3O2/c33-28(30-21-13-5-2-6-14-21)23-16-8-10-18-26(23)32-29(34)24-19-27(20-11-3-1-4-12-20)31-25-17-9-7-15-22(24)25/h1,3-4,7-12,15-19,21H,2,5-6,13-14H2,(H,30,33)(H,32,34). The Hall–Kier alpha value is -3.99. The Morgan fingerprint density at radius 1 is 0.735 bits per heavy atom. The number of amides is 2. The van der Waals surface area contributed by atoms with Crippen molar-refractivity contribution in [1.29, 1.82) is 0 Å². The zero-order chi connectivity index (χ0) is 23.3. The molecule has 0 atom stereocenters. The molecule has 170 valence electrons. The first-order valence-corrected chi connectivity index (χ1v) is 11.9. The predicted molar refractivity (Wildman–Crippen MR) is 136 cm³/mol. The van der Waals surface area contributed by atoms with Gasteiger partial charge in [-0.1, -0.05) is 79.9 Å². The number of rotatable bonds is 5. The summed E-state index contributed by atoms with van der Waals surface area (Å²) in [5.41, 5.74) is 3.91. The zero-order valence-electron chi connectivity index (χ0n) is 19.0. The molecule has 1 aliphatic rings. The van der Waals surface area contributed by atoms with Gasteiger partial charge in [0.05, 0.1) is 28.0 Å². The lowest BCUT2D eigenvalue weighted by molar-refractivity contribution is 0.0928. The first-order chi connectivity index (χ1) is 16.7. The maximum atomic E-state index is 13.5. The maximum absolute atomic E-state index is 13.5. The van der Waals surface area contributed by atoms with Crippen LogP contribution in [-0.2, 0) is 0 Å². The highest BCUT2D eigenvalue weighted by molar-refractivity contribution is 6.15. The van der Waals surface area contributed by atoms with E-state index in [0.29, 0.717) is 16.8 Å². The third-order valence-electron chi connectivity index (χ3n) is 6.39. The molecular formula is C29H27N3O2. The van der Waals surface area contributed by atoms with E-state index < -0.39 is 0 Å². The van der Waals surface area contributed by atoms with Gasteiger partial charge in [-0.2, -0.15) is 0 Å². The Morgan fingerprint density at radius 2 is 1.44 bits per heavy atom. The van der Waals surface area contributed by atoms with Crippen LogP contribution in [0.25, 0.3) is 22.2 Å². The minimum atomic E-state index is -0.270. The number of hydrogen-bond acceptors (Lipinski definition) is 3. The Kier molecular flexibility index (Phi) is 6.34. The number of anilines is 1. The smallest absolute Gasteiger partial charge is 0.256 e. The highest BCUT2D eigenvalue weighted by Gasteiger charge is 2.20. The molecule has 1 heterocycles. The number of para-hydroxylation sites is 2. The van der Waals surface area contributed by atoms with Crippen molar-refractivity contribution in [3.05, 3.63) is 96.1 Å². The Morgan fingerprint density at radius 3 is 2.26 bits per heavy atom. The molecule has 0 aliphatic heterocycles. The summed E-state index contributed by atoms with van der Waals surface area (Å²) in [6, 6.07) is 26.6. The Bertz CT molecular complexity index is 1330. The SMILES string of the molecule is O=C(NC1CCCCC1)c1ccccc1NC(=O)c1cc(-c2ccccc2)nc2ccccc12. The van der Waals surface area contributed by atoms with E-state index in [0.717, 1.165) is 47.8 Å². The van der Waals surface area contributed by atoms with Crippen molar-refractivity contribution < 1.29 is 9.59 Å². The van der Waals surface area contributed by atoms with Crippen LogP contribution in [0.3, 0.4) is 0 Å². The summed E-state index contributed by atoms with van der Waals surface area (Å²) >= 11 is 0. The van der Waals surface area contributed by atoms with Crippen LogP contribution in [0.1, 0.15) is 52.8 Å². The van der Waals surface area contributed by atoms with Gasteiger partial charge in [-0.15, -0.1) is 0 Å². The molecule has 1 aliphatic carbocycles. The van der Waals surface area contributed by atoms with Gasteiger partial charge in [-0.25, -0.2) is 4.98 Å². The fraction of sp³-hybridized carbons (Fsp3) is 0.207. The highest BCUT2D eigenvalue weighted by Crippen LogP contribution is 2.26. The lowest BCUT2D eigenvalue weighted by Gasteiger charge is -2.23. The number of nitrogens with one attached hydrogen (secondary N) is 2. The maximum Gasteiger partial charge on any atom is 0.256 e. The first-order valence-electron chi connectivity index (χ1n) is 11.9. The lowest BCUT2D eigenvalue weighted by atomic mass is 9.95. The zero-order valence-corrected chi connectivity index (χ0v) is 19.0.